The molecule has 0 aromatic heterocycles. The second-order valence-corrected chi connectivity index (χ2v) is 20.0. The van der Waals surface area contributed by atoms with Gasteiger partial charge < -0.3 is 26.2 Å². The topological polar surface area (TPSA) is 171 Å². The molecule has 0 bridgehead atoms. The van der Waals surface area contributed by atoms with Gasteiger partial charge in [-0.05, 0) is 88.4 Å². The largest absolute Gasteiger partial charge is 0.349 e. The number of hydrogen-bond donors (Lipinski definition) is 4. The first-order valence-corrected chi connectivity index (χ1v) is 21.3. The standard InChI is InChI=1S/C38H65N5O7S/c1-8-16-27(32(44)34(46)39-21-9-2)40-33(45)31-29-26(38(29,6)7)22-43(31)35(47)30(25-19-14-11-15-20-25)42-36(48)41-28(24-17-12-10-13-18-24)23-51(49,50)37(3,4)5/h24-31H,8-23H2,1-7H3,(H,39,46)(H,40,45)(H2,41,42,48)/t26?,27?,28?,29-,30-,31-/m0/s1. The van der Waals surface area contributed by atoms with Crippen molar-refractivity contribution >= 4 is 39.4 Å². The van der Waals surface area contributed by atoms with E-state index in [1.807, 2.05) is 13.8 Å². The molecule has 1 saturated heterocycles. The van der Waals surface area contributed by atoms with Crippen LogP contribution < -0.4 is 21.3 Å². The van der Waals surface area contributed by atoms with E-state index >= 15 is 0 Å². The highest BCUT2D eigenvalue weighted by molar-refractivity contribution is 7.92. The first kappa shape index (κ1) is 41.1. The van der Waals surface area contributed by atoms with Crippen molar-refractivity contribution < 1.29 is 32.4 Å². The Morgan fingerprint density at radius 3 is 1.96 bits per heavy atom. The maximum absolute atomic E-state index is 14.7. The van der Waals surface area contributed by atoms with Gasteiger partial charge in [0, 0.05) is 19.1 Å². The van der Waals surface area contributed by atoms with Gasteiger partial charge in [0.2, 0.25) is 17.6 Å². The smallest absolute Gasteiger partial charge is 0.315 e. The third-order valence-electron chi connectivity index (χ3n) is 12.3. The lowest BCUT2D eigenvalue weighted by atomic mass is 9.83. The van der Waals surface area contributed by atoms with E-state index in [0.717, 1.165) is 64.2 Å². The number of hydrogen-bond acceptors (Lipinski definition) is 7. The van der Waals surface area contributed by atoms with Crippen LogP contribution in [0, 0.1) is 29.1 Å². The van der Waals surface area contributed by atoms with Crippen molar-refractivity contribution in [3.63, 3.8) is 0 Å². The monoisotopic (exact) mass is 735 g/mol. The van der Waals surface area contributed by atoms with Gasteiger partial charge in [0.1, 0.15) is 12.1 Å². The van der Waals surface area contributed by atoms with Crippen molar-refractivity contribution in [1.29, 1.82) is 0 Å². The average Bonchev–Trinajstić information content (AvgIpc) is 3.39. The van der Waals surface area contributed by atoms with Crippen LogP contribution in [0.3, 0.4) is 0 Å². The highest BCUT2D eigenvalue weighted by Crippen LogP contribution is 2.65. The Morgan fingerprint density at radius 1 is 0.824 bits per heavy atom. The van der Waals surface area contributed by atoms with E-state index in [0.29, 0.717) is 32.4 Å². The van der Waals surface area contributed by atoms with E-state index in [9.17, 15) is 32.4 Å². The molecule has 12 nitrogen and oxygen atoms in total. The van der Waals surface area contributed by atoms with Crippen molar-refractivity contribution in [2.75, 3.05) is 18.8 Å². The Morgan fingerprint density at radius 2 is 1.41 bits per heavy atom. The number of nitrogens with zero attached hydrogens (tertiary/aromatic N) is 1. The molecule has 0 aromatic carbocycles. The van der Waals surface area contributed by atoms with Crippen LogP contribution in [0.2, 0.25) is 0 Å². The van der Waals surface area contributed by atoms with Gasteiger partial charge in [0.05, 0.1) is 16.5 Å². The minimum absolute atomic E-state index is 0.0225. The first-order chi connectivity index (χ1) is 23.9. The molecule has 1 heterocycles. The van der Waals surface area contributed by atoms with Gasteiger partial charge in [-0.1, -0.05) is 72.6 Å². The molecule has 5 amide bonds. The number of urea groups is 1. The maximum Gasteiger partial charge on any atom is 0.315 e. The highest BCUT2D eigenvalue weighted by Gasteiger charge is 2.69. The van der Waals surface area contributed by atoms with Crippen LogP contribution >= 0.6 is 0 Å². The molecule has 1 aliphatic heterocycles. The molecule has 3 unspecified atom stereocenters. The Bertz CT molecular complexity index is 1380. The molecular formula is C38H65N5O7S. The van der Waals surface area contributed by atoms with Gasteiger partial charge in [-0.3, -0.25) is 19.2 Å². The van der Waals surface area contributed by atoms with Gasteiger partial charge in [-0.15, -0.1) is 0 Å². The maximum atomic E-state index is 14.7. The summed E-state index contributed by atoms with van der Waals surface area (Å²) in [5.41, 5.74) is -0.182. The zero-order valence-electron chi connectivity index (χ0n) is 32.1. The Hall–Kier alpha value is -2.70. The van der Waals surface area contributed by atoms with E-state index in [1.165, 1.54) is 0 Å². The van der Waals surface area contributed by atoms with Crippen molar-refractivity contribution in [2.45, 2.75) is 161 Å². The number of likely N-dealkylation sites (tertiary alicyclic amines) is 1. The third-order valence-corrected chi connectivity index (χ3v) is 14.9. The first-order valence-electron chi connectivity index (χ1n) is 19.7. The normalized spacial score (nSPS) is 25.5. The SMILES string of the molecule is CCCNC(=O)C(=O)C(CCC)NC(=O)[C@@H]1[C@@H]2C(CN1C(=O)[C@@H](NC(=O)NC(CS(=O)(=O)C(C)(C)C)C1CCCCC1)C1CCCCC1)C2(C)C. The van der Waals surface area contributed by atoms with Crippen LogP contribution in [-0.2, 0) is 29.0 Å². The van der Waals surface area contributed by atoms with Gasteiger partial charge >= 0.3 is 6.03 Å². The number of amides is 5. The third kappa shape index (κ3) is 9.65. The van der Waals surface area contributed by atoms with Crippen molar-refractivity contribution in [2.24, 2.45) is 29.1 Å². The number of rotatable bonds is 15. The van der Waals surface area contributed by atoms with Gasteiger partial charge in [0.25, 0.3) is 5.91 Å². The molecular weight excluding hydrogens is 671 g/mol. The predicted octanol–water partition coefficient (Wildman–Crippen LogP) is 4.26. The van der Waals surface area contributed by atoms with Crippen LogP contribution in [-0.4, -0.2) is 90.6 Å². The molecule has 290 valence electrons. The fourth-order valence-corrected chi connectivity index (χ4v) is 10.1. The van der Waals surface area contributed by atoms with Gasteiger partial charge in [-0.2, -0.15) is 0 Å². The Kier molecular flexibility index (Phi) is 13.7. The number of carbonyl (C=O) groups is 5. The Balaban J connectivity index is 1.57. The molecule has 3 saturated carbocycles. The molecule has 6 atom stereocenters. The van der Waals surface area contributed by atoms with E-state index in [-0.39, 0.29) is 40.7 Å². The minimum Gasteiger partial charge on any atom is -0.349 e. The van der Waals surface area contributed by atoms with Crippen LogP contribution in [0.5, 0.6) is 0 Å². The van der Waals surface area contributed by atoms with Crippen LogP contribution in [0.15, 0.2) is 0 Å². The summed E-state index contributed by atoms with van der Waals surface area (Å²) in [6.07, 6.45) is 10.7. The van der Waals surface area contributed by atoms with Crippen LogP contribution in [0.1, 0.15) is 132 Å². The van der Waals surface area contributed by atoms with Crippen molar-refractivity contribution in [3.05, 3.63) is 0 Å². The summed E-state index contributed by atoms with van der Waals surface area (Å²) in [6, 6.07) is -3.88. The molecule has 13 heteroatoms. The van der Waals surface area contributed by atoms with Gasteiger partial charge in [-0.25, -0.2) is 13.2 Å². The number of nitrogens with one attached hydrogen (secondary N) is 4. The summed E-state index contributed by atoms with van der Waals surface area (Å²) < 4.78 is 25.7. The minimum atomic E-state index is -3.54. The van der Waals surface area contributed by atoms with E-state index in [4.69, 9.17) is 0 Å². The number of sulfone groups is 1. The molecule has 3 aliphatic carbocycles. The molecule has 0 aromatic rings. The van der Waals surface area contributed by atoms with Crippen LogP contribution in [0.25, 0.3) is 0 Å². The van der Waals surface area contributed by atoms with E-state index in [2.05, 4.69) is 35.1 Å². The average molecular weight is 736 g/mol. The molecule has 0 spiro atoms. The molecule has 4 fully saturated rings. The quantitative estimate of drug-likeness (QED) is 0.182. The highest BCUT2D eigenvalue weighted by atomic mass is 32.2. The summed E-state index contributed by atoms with van der Waals surface area (Å²) in [4.78, 5) is 70.0. The zero-order valence-corrected chi connectivity index (χ0v) is 33.0. The summed E-state index contributed by atoms with van der Waals surface area (Å²) in [5, 5.41) is 11.5. The predicted molar refractivity (Wildman–Crippen MR) is 197 cm³/mol. The fraction of sp³-hybridized carbons (Fsp3) is 0.868. The second kappa shape index (κ2) is 17.0. The number of ketones is 1. The zero-order chi connectivity index (χ0) is 37.7. The molecule has 4 N–H and O–H groups in total. The summed E-state index contributed by atoms with van der Waals surface area (Å²) >= 11 is 0. The lowest BCUT2D eigenvalue weighted by Crippen LogP contribution is -2.61. The van der Waals surface area contributed by atoms with Crippen LogP contribution in [0.4, 0.5) is 4.79 Å². The fourth-order valence-electron chi connectivity index (χ4n) is 8.81. The second-order valence-electron chi connectivity index (χ2n) is 17.3. The van der Waals surface area contributed by atoms with Gasteiger partial charge in [0.15, 0.2) is 9.84 Å². The molecule has 4 rings (SSSR count). The molecule has 0 radical (unpaired) electrons. The summed E-state index contributed by atoms with van der Waals surface area (Å²) in [5.74, 6) is -2.50. The lowest BCUT2D eigenvalue weighted by Gasteiger charge is -2.38. The lowest BCUT2D eigenvalue weighted by molar-refractivity contribution is -0.144. The number of fused-ring (bicyclic) bond motifs is 1. The number of carbonyl (C=O) groups excluding carboxylic acids is 5. The summed E-state index contributed by atoms with van der Waals surface area (Å²) in [7, 11) is -3.54. The molecule has 51 heavy (non-hydrogen) atoms. The number of piperidine rings is 1. The molecule has 4 aliphatic rings. The Labute approximate surface area is 306 Å². The summed E-state index contributed by atoms with van der Waals surface area (Å²) in [6.45, 7) is 13.7. The number of Topliss-reactive ketones (excluding diaryl/α,β-unsaturated/α-hetero) is 1. The van der Waals surface area contributed by atoms with E-state index in [1.54, 1.807) is 25.7 Å². The van der Waals surface area contributed by atoms with Crippen molar-refractivity contribution in [1.82, 2.24) is 26.2 Å². The van der Waals surface area contributed by atoms with Crippen molar-refractivity contribution in [3.8, 4) is 0 Å². The van der Waals surface area contributed by atoms with E-state index < -0.39 is 62.4 Å².